The SMILES string of the molecule is N=CCCC1CCCCN1. The highest BCUT2D eigenvalue weighted by molar-refractivity contribution is 5.52. The molecule has 1 aliphatic rings. The Labute approximate surface area is 62.5 Å². The van der Waals surface area contributed by atoms with E-state index in [0.29, 0.717) is 6.04 Å². The van der Waals surface area contributed by atoms with E-state index in [1.165, 1.54) is 32.0 Å². The number of hydrogen-bond acceptors (Lipinski definition) is 2. The lowest BCUT2D eigenvalue weighted by Crippen LogP contribution is -2.33. The van der Waals surface area contributed by atoms with E-state index in [-0.39, 0.29) is 0 Å². The van der Waals surface area contributed by atoms with Gasteiger partial charge in [0.2, 0.25) is 0 Å². The first-order chi connectivity index (χ1) is 4.93. The van der Waals surface area contributed by atoms with E-state index in [9.17, 15) is 0 Å². The van der Waals surface area contributed by atoms with Crippen LogP contribution in [0.2, 0.25) is 0 Å². The zero-order chi connectivity index (χ0) is 7.23. The standard InChI is InChI=1S/C8H16N2/c9-6-3-5-8-4-1-2-7-10-8/h6,8-10H,1-5,7H2. The predicted octanol–water partition coefficient (Wildman–Crippen LogP) is 1.56. The van der Waals surface area contributed by atoms with Crippen molar-refractivity contribution in [2.45, 2.75) is 38.1 Å². The summed E-state index contributed by atoms with van der Waals surface area (Å²) in [6.07, 6.45) is 7.63. The van der Waals surface area contributed by atoms with Crippen molar-refractivity contribution < 1.29 is 0 Å². The van der Waals surface area contributed by atoms with Crippen LogP contribution in [0.25, 0.3) is 0 Å². The molecule has 1 rings (SSSR count). The van der Waals surface area contributed by atoms with Gasteiger partial charge < -0.3 is 10.7 Å². The van der Waals surface area contributed by atoms with Crippen molar-refractivity contribution in [1.82, 2.24) is 5.32 Å². The Bertz CT molecular complexity index is 95.4. The fourth-order valence-electron chi connectivity index (χ4n) is 1.45. The van der Waals surface area contributed by atoms with Gasteiger partial charge >= 0.3 is 0 Å². The maximum Gasteiger partial charge on any atom is 0.00705 e. The summed E-state index contributed by atoms with van der Waals surface area (Å²) < 4.78 is 0. The fraction of sp³-hybridized carbons (Fsp3) is 0.875. The van der Waals surface area contributed by atoms with Gasteiger partial charge in [-0.15, -0.1) is 0 Å². The van der Waals surface area contributed by atoms with Crippen molar-refractivity contribution in [2.75, 3.05) is 6.54 Å². The number of nitrogens with one attached hydrogen (secondary N) is 2. The minimum absolute atomic E-state index is 0.704. The molecule has 0 aromatic heterocycles. The minimum Gasteiger partial charge on any atom is -0.314 e. The molecule has 0 aromatic rings. The molecule has 10 heavy (non-hydrogen) atoms. The van der Waals surface area contributed by atoms with Gasteiger partial charge in [0.15, 0.2) is 0 Å². The van der Waals surface area contributed by atoms with Gasteiger partial charge in [-0.25, -0.2) is 0 Å². The Kier molecular flexibility index (Phi) is 3.44. The first kappa shape index (κ1) is 7.73. The summed E-state index contributed by atoms with van der Waals surface area (Å²) in [6, 6.07) is 0.704. The Morgan fingerprint density at radius 2 is 2.40 bits per heavy atom. The molecule has 2 N–H and O–H groups in total. The molecule has 2 heteroatoms. The Morgan fingerprint density at radius 1 is 1.50 bits per heavy atom. The van der Waals surface area contributed by atoms with Crippen molar-refractivity contribution in [2.24, 2.45) is 0 Å². The second kappa shape index (κ2) is 4.45. The molecule has 2 nitrogen and oxygen atoms in total. The molecule has 58 valence electrons. The van der Waals surface area contributed by atoms with Crippen molar-refractivity contribution >= 4 is 6.21 Å². The third-order valence-corrected chi connectivity index (χ3v) is 2.07. The minimum atomic E-state index is 0.704. The lowest BCUT2D eigenvalue weighted by Gasteiger charge is -2.22. The zero-order valence-corrected chi connectivity index (χ0v) is 6.40. The number of rotatable bonds is 3. The van der Waals surface area contributed by atoms with Crippen LogP contribution in [-0.2, 0) is 0 Å². The third kappa shape index (κ3) is 2.48. The van der Waals surface area contributed by atoms with E-state index in [4.69, 9.17) is 5.41 Å². The molecule has 0 aliphatic carbocycles. The maximum atomic E-state index is 6.87. The number of hydrogen-bond donors (Lipinski definition) is 2. The van der Waals surface area contributed by atoms with Crippen LogP contribution in [0.3, 0.4) is 0 Å². The molecule has 0 aromatic carbocycles. The predicted molar refractivity (Wildman–Crippen MR) is 43.7 cm³/mol. The van der Waals surface area contributed by atoms with E-state index >= 15 is 0 Å². The molecule has 1 saturated heterocycles. The maximum absolute atomic E-state index is 6.87. The third-order valence-electron chi connectivity index (χ3n) is 2.07. The highest BCUT2D eigenvalue weighted by atomic mass is 14.9. The average molecular weight is 140 g/mol. The zero-order valence-electron chi connectivity index (χ0n) is 6.40. The summed E-state index contributed by atoms with van der Waals surface area (Å²) in [4.78, 5) is 0. The van der Waals surface area contributed by atoms with Gasteiger partial charge in [0, 0.05) is 6.04 Å². The molecule has 1 aliphatic heterocycles. The van der Waals surface area contributed by atoms with Crippen LogP contribution in [0.1, 0.15) is 32.1 Å². The largest absolute Gasteiger partial charge is 0.314 e. The van der Waals surface area contributed by atoms with Gasteiger partial charge in [-0.3, -0.25) is 0 Å². The molecule has 1 atom stereocenters. The molecular formula is C8H16N2. The first-order valence-corrected chi connectivity index (χ1v) is 4.16. The highest BCUT2D eigenvalue weighted by Gasteiger charge is 2.10. The second-order valence-corrected chi connectivity index (χ2v) is 2.93. The molecule has 0 amide bonds. The van der Waals surface area contributed by atoms with Crippen LogP contribution < -0.4 is 5.32 Å². The number of piperidine rings is 1. The van der Waals surface area contributed by atoms with Gasteiger partial charge in [-0.1, -0.05) is 6.42 Å². The van der Waals surface area contributed by atoms with Gasteiger partial charge in [-0.2, -0.15) is 0 Å². The summed E-state index contributed by atoms with van der Waals surface area (Å²) in [6.45, 7) is 1.18. The van der Waals surface area contributed by atoms with Crippen molar-refractivity contribution in [3.8, 4) is 0 Å². The van der Waals surface area contributed by atoms with Crippen LogP contribution in [-0.4, -0.2) is 18.8 Å². The Hall–Kier alpha value is -0.370. The van der Waals surface area contributed by atoms with E-state index in [1.807, 2.05) is 0 Å². The van der Waals surface area contributed by atoms with E-state index in [2.05, 4.69) is 5.32 Å². The normalized spacial score (nSPS) is 26.2. The molecule has 0 saturated carbocycles. The fourth-order valence-corrected chi connectivity index (χ4v) is 1.45. The summed E-state index contributed by atoms with van der Waals surface area (Å²) in [5.74, 6) is 0. The van der Waals surface area contributed by atoms with Crippen LogP contribution >= 0.6 is 0 Å². The van der Waals surface area contributed by atoms with Gasteiger partial charge in [0.25, 0.3) is 0 Å². The lowest BCUT2D eigenvalue weighted by molar-refractivity contribution is 0.387. The van der Waals surface area contributed by atoms with Crippen molar-refractivity contribution in [3.05, 3.63) is 0 Å². The highest BCUT2D eigenvalue weighted by Crippen LogP contribution is 2.10. The topological polar surface area (TPSA) is 35.9 Å². The molecular weight excluding hydrogens is 124 g/mol. The van der Waals surface area contributed by atoms with E-state index in [1.54, 1.807) is 0 Å². The molecule has 0 spiro atoms. The van der Waals surface area contributed by atoms with Crippen LogP contribution in [0.15, 0.2) is 0 Å². The molecule has 1 unspecified atom stereocenters. The van der Waals surface area contributed by atoms with Crippen LogP contribution in [0, 0.1) is 5.41 Å². The Balaban J connectivity index is 2.07. The molecule has 1 fully saturated rings. The first-order valence-electron chi connectivity index (χ1n) is 4.16. The average Bonchev–Trinajstić information content (AvgIpc) is 2.03. The van der Waals surface area contributed by atoms with Crippen LogP contribution in [0.5, 0.6) is 0 Å². The van der Waals surface area contributed by atoms with Gasteiger partial charge in [-0.05, 0) is 38.4 Å². The van der Waals surface area contributed by atoms with Crippen LogP contribution in [0.4, 0.5) is 0 Å². The summed E-state index contributed by atoms with van der Waals surface area (Å²) in [5.41, 5.74) is 0. The summed E-state index contributed by atoms with van der Waals surface area (Å²) in [7, 11) is 0. The molecule has 0 bridgehead atoms. The summed E-state index contributed by atoms with van der Waals surface area (Å²) in [5, 5.41) is 10.3. The van der Waals surface area contributed by atoms with Gasteiger partial charge in [0.1, 0.15) is 0 Å². The Morgan fingerprint density at radius 3 is 3.00 bits per heavy atom. The van der Waals surface area contributed by atoms with E-state index in [0.717, 1.165) is 12.8 Å². The quantitative estimate of drug-likeness (QED) is 0.573. The second-order valence-electron chi connectivity index (χ2n) is 2.93. The van der Waals surface area contributed by atoms with Crippen molar-refractivity contribution in [1.29, 1.82) is 5.41 Å². The smallest absolute Gasteiger partial charge is 0.00705 e. The van der Waals surface area contributed by atoms with Gasteiger partial charge in [0.05, 0.1) is 0 Å². The van der Waals surface area contributed by atoms with E-state index < -0.39 is 0 Å². The molecule has 1 heterocycles. The van der Waals surface area contributed by atoms with Crippen molar-refractivity contribution in [3.63, 3.8) is 0 Å². The monoisotopic (exact) mass is 140 g/mol. The molecule has 0 radical (unpaired) electrons. The lowest BCUT2D eigenvalue weighted by atomic mass is 10.0. The summed E-state index contributed by atoms with van der Waals surface area (Å²) >= 11 is 0.